The molecule has 1 N–H and O–H groups in total. The summed E-state index contributed by atoms with van der Waals surface area (Å²) in [5.74, 6) is -0.0751. The largest absolute Gasteiger partial charge is 0.507 e. The SMILES string of the molecule is COc1cccc(C2/C(=C(/O)c3ccc(Br)cc3)C(=O)C(=O)N2c2ccc(OCC(C)C)cc2)c1. The van der Waals surface area contributed by atoms with Gasteiger partial charge in [-0.15, -0.1) is 0 Å². The van der Waals surface area contributed by atoms with E-state index < -0.39 is 17.7 Å². The first-order valence-electron chi connectivity index (χ1n) is 11.2. The van der Waals surface area contributed by atoms with Crippen molar-refractivity contribution in [3.8, 4) is 11.5 Å². The fraction of sp³-hybridized carbons (Fsp3) is 0.214. The zero-order chi connectivity index (χ0) is 25.1. The predicted molar refractivity (Wildman–Crippen MR) is 139 cm³/mol. The average Bonchev–Trinajstić information content (AvgIpc) is 3.13. The molecule has 0 radical (unpaired) electrons. The zero-order valence-corrected chi connectivity index (χ0v) is 21.3. The van der Waals surface area contributed by atoms with Gasteiger partial charge in [-0.05, 0) is 60.0 Å². The molecule has 1 atom stereocenters. The minimum absolute atomic E-state index is 0.0192. The lowest BCUT2D eigenvalue weighted by atomic mass is 9.95. The molecular formula is C28H26BrNO5. The van der Waals surface area contributed by atoms with Crippen LogP contribution in [0.2, 0.25) is 0 Å². The maximum atomic E-state index is 13.3. The van der Waals surface area contributed by atoms with Crippen molar-refractivity contribution in [1.29, 1.82) is 0 Å². The lowest BCUT2D eigenvalue weighted by molar-refractivity contribution is -0.132. The number of carbonyl (C=O) groups excluding carboxylic acids is 2. The molecule has 1 aliphatic rings. The molecule has 1 unspecified atom stereocenters. The predicted octanol–water partition coefficient (Wildman–Crippen LogP) is 6.12. The van der Waals surface area contributed by atoms with E-state index in [0.29, 0.717) is 40.8 Å². The molecule has 1 saturated heterocycles. The summed E-state index contributed by atoms with van der Waals surface area (Å²) < 4.78 is 12.0. The molecule has 0 aromatic heterocycles. The average molecular weight is 536 g/mol. The van der Waals surface area contributed by atoms with E-state index >= 15 is 0 Å². The quantitative estimate of drug-likeness (QED) is 0.224. The van der Waals surface area contributed by atoms with Gasteiger partial charge in [-0.25, -0.2) is 0 Å². The zero-order valence-electron chi connectivity index (χ0n) is 19.7. The number of rotatable bonds is 7. The first-order chi connectivity index (χ1) is 16.8. The Morgan fingerprint density at radius 2 is 1.69 bits per heavy atom. The number of carbonyl (C=O) groups is 2. The maximum Gasteiger partial charge on any atom is 0.300 e. The molecule has 6 nitrogen and oxygen atoms in total. The molecule has 1 amide bonds. The Hall–Kier alpha value is -3.58. The van der Waals surface area contributed by atoms with Crippen LogP contribution in [0, 0.1) is 5.92 Å². The highest BCUT2D eigenvalue weighted by molar-refractivity contribution is 9.10. The Morgan fingerprint density at radius 3 is 2.31 bits per heavy atom. The molecule has 0 aliphatic carbocycles. The third-order valence-electron chi connectivity index (χ3n) is 5.67. The van der Waals surface area contributed by atoms with Crippen LogP contribution in [0.25, 0.3) is 5.76 Å². The van der Waals surface area contributed by atoms with E-state index in [1.807, 2.05) is 0 Å². The second-order valence-corrected chi connectivity index (χ2v) is 9.57. The number of anilines is 1. The van der Waals surface area contributed by atoms with Crippen molar-refractivity contribution in [2.75, 3.05) is 18.6 Å². The molecular weight excluding hydrogens is 510 g/mol. The standard InChI is InChI=1S/C28H26BrNO5/c1-17(2)16-35-22-13-11-21(12-14-22)30-25(19-5-4-6-23(15-19)34-3)24(27(32)28(30)33)26(31)18-7-9-20(29)10-8-18/h4-15,17,25,31H,16H2,1-3H3/b26-24-. The van der Waals surface area contributed by atoms with Crippen molar-refractivity contribution in [2.45, 2.75) is 19.9 Å². The summed E-state index contributed by atoms with van der Waals surface area (Å²) >= 11 is 3.38. The molecule has 3 aromatic carbocycles. The van der Waals surface area contributed by atoms with Gasteiger partial charge in [0.2, 0.25) is 0 Å². The van der Waals surface area contributed by atoms with E-state index in [2.05, 4.69) is 29.8 Å². The molecule has 0 saturated carbocycles. The molecule has 1 heterocycles. The number of Topliss-reactive ketones (excluding diaryl/α,β-unsaturated/α-hetero) is 1. The van der Waals surface area contributed by atoms with Crippen LogP contribution in [0.5, 0.6) is 11.5 Å². The van der Waals surface area contributed by atoms with Gasteiger partial charge < -0.3 is 14.6 Å². The third kappa shape index (κ3) is 5.10. The van der Waals surface area contributed by atoms with Gasteiger partial charge in [-0.3, -0.25) is 14.5 Å². The normalized spacial score (nSPS) is 17.2. The molecule has 7 heteroatoms. The van der Waals surface area contributed by atoms with Crippen LogP contribution in [0.1, 0.15) is 31.0 Å². The minimum atomic E-state index is -0.837. The fourth-order valence-electron chi connectivity index (χ4n) is 3.95. The van der Waals surface area contributed by atoms with Gasteiger partial charge in [0, 0.05) is 15.7 Å². The Kier molecular flexibility index (Phi) is 7.26. The van der Waals surface area contributed by atoms with E-state index in [0.717, 1.165) is 4.47 Å². The van der Waals surface area contributed by atoms with Crippen LogP contribution in [0.4, 0.5) is 5.69 Å². The van der Waals surface area contributed by atoms with Crippen LogP contribution in [-0.4, -0.2) is 30.5 Å². The van der Waals surface area contributed by atoms with Gasteiger partial charge in [-0.1, -0.05) is 54.0 Å². The maximum absolute atomic E-state index is 13.3. The third-order valence-corrected chi connectivity index (χ3v) is 6.20. The second kappa shape index (κ2) is 10.4. The van der Waals surface area contributed by atoms with Crippen molar-refractivity contribution >= 4 is 39.1 Å². The van der Waals surface area contributed by atoms with Crippen molar-refractivity contribution in [3.05, 3.63) is 94.0 Å². The number of ketones is 1. The lowest BCUT2D eigenvalue weighted by Crippen LogP contribution is -2.29. The van der Waals surface area contributed by atoms with Gasteiger partial charge in [0.05, 0.1) is 25.3 Å². The van der Waals surface area contributed by atoms with Gasteiger partial charge in [0.15, 0.2) is 0 Å². The number of benzene rings is 3. The Balaban J connectivity index is 1.83. The number of aliphatic hydroxyl groups is 1. The van der Waals surface area contributed by atoms with Crippen LogP contribution in [0.15, 0.2) is 82.8 Å². The minimum Gasteiger partial charge on any atom is -0.507 e. The number of aliphatic hydroxyl groups excluding tert-OH is 1. The van der Waals surface area contributed by atoms with Crippen LogP contribution >= 0.6 is 15.9 Å². The summed E-state index contributed by atoms with van der Waals surface area (Å²) in [6.07, 6.45) is 0. The van der Waals surface area contributed by atoms with E-state index in [9.17, 15) is 14.7 Å². The van der Waals surface area contributed by atoms with E-state index in [4.69, 9.17) is 9.47 Å². The summed E-state index contributed by atoms with van der Waals surface area (Å²) in [7, 11) is 1.55. The summed E-state index contributed by atoms with van der Waals surface area (Å²) in [5, 5.41) is 11.2. The van der Waals surface area contributed by atoms with Crippen molar-refractivity contribution < 1.29 is 24.2 Å². The lowest BCUT2D eigenvalue weighted by Gasteiger charge is -2.26. The molecule has 4 rings (SSSR count). The highest BCUT2D eigenvalue weighted by Crippen LogP contribution is 2.43. The number of amides is 1. The molecule has 1 fully saturated rings. The second-order valence-electron chi connectivity index (χ2n) is 8.65. The number of nitrogens with zero attached hydrogens (tertiary/aromatic N) is 1. The topological polar surface area (TPSA) is 76.1 Å². The number of ether oxygens (including phenoxy) is 2. The van der Waals surface area contributed by atoms with E-state index in [1.165, 1.54) is 4.90 Å². The first-order valence-corrected chi connectivity index (χ1v) is 12.0. The van der Waals surface area contributed by atoms with E-state index in [-0.39, 0.29) is 11.3 Å². The number of hydrogen-bond donors (Lipinski definition) is 1. The van der Waals surface area contributed by atoms with Gasteiger partial charge in [-0.2, -0.15) is 0 Å². The number of methoxy groups -OCH3 is 1. The summed E-state index contributed by atoms with van der Waals surface area (Å²) in [4.78, 5) is 28.0. The first kappa shape index (κ1) is 24.5. The van der Waals surface area contributed by atoms with Crippen LogP contribution in [0.3, 0.4) is 0 Å². The van der Waals surface area contributed by atoms with Gasteiger partial charge in [0.1, 0.15) is 17.3 Å². The Labute approximate surface area is 212 Å². The molecule has 3 aromatic rings. The summed E-state index contributed by atoms with van der Waals surface area (Å²) in [5.41, 5.74) is 1.62. The monoisotopic (exact) mass is 535 g/mol. The Bertz CT molecular complexity index is 1270. The molecule has 1 aliphatic heterocycles. The number of halogens is 1. The smallest absolute Gasteiger partial charge is 0.300 e. The fourth-order valence-corrected chi connectivity index (χ4v) is 4.22. The van der Waals surface area contributed by atoms with Crippen molar-refractivity contribution in [1.82, 2.24) is 0 Å². The highest BCUT2D eigenvalue weighted by atomic mass is 79.9. The van der Waals surface area contributed by atoms with Crippen LogP contribution < -0.4 is 14.4 Å². The van der Waals surface area contributed by atoms with Crippen LogP contribution in [-0.2, 0) is 9.59 Å². The van der Waals surface area contributed by atoms with E-state index in [1.54, 1.807) is 79.9 Å². The molecule has 0 spiro atoms. The highest BCUT2D eigenvalue weighted by Gasteiger charge is 2.47. The molecule has 0 bridgehead atoms. The summed E-state index contributed by atoms with van der Waals surface area (Å²) in [6, 6.07) is 20.2. The van der Waals surface area contributed by atoms with Gasteiger partial charge >= 0.3 is 0 Å². The Morgan fingerprint density at radius 1 is 1.00 bits per heavy atom. The molecule has 35 heavy (non-hydrogen) atoms. The molecule has 180 valence electrons. The number of hydrogen-bond acceptors (Lipinski definition) is 5. The summed E-state index contributed by atoms with van der Waals surface area (Å²) in [6.45, 7) is 4.70. The van der Waals surface area contributed by atoms with Crippen molar-refractivity contribution in [3.63, 3.8) is 0 Å². The van der Waals surface area contributed by atoms with Gasteiger partial charge in [0.25, 0.3) is 11.7 Å². The van der Waals surface area contributed by atoms with Crippen molar-refractivity contribution in [2.24, 2.45) is 5.92 Å².